The van der Waals surface area contributed by atoms with Crippen LogP contribution in [0, 0.1) is 0 Å². The fraction of sp³-hybridized carbons (Fsp3) is 0.867. The minimum absolute atomic E-state index is 0.329. The maximum Gasteiger partial charge on any atom is 0.332 e. The molecule has 0 aromatic carbocycles. The molecular formula is C30H58O5. The molecule has 0 heterocycles. The van der Waals surface area contributed by atoms with Gasteiger partial charge in [0.1, 0.15) is 0 Å². The van der Waals surface area contributed by atoms with E-state index in [1.54, 1.807) is 0 Å². The molecular weight excluding hydrogens is 440 g/mol. The Kier molecular flexibility index (Phi) is 31.4. The topological polar surface area (TPSA) is 83.8 Å². The molecule has 0 radical (unpaired) electrons. The van der Waals surface area contributed by atoms with Crippen LogP contribution >= 0.6 is 0 Å². The number of hydrogen-bond acceptors (Lipinski definition) is 4. The predicted molar refractivity (Wildman–Crippen MR) is 147 cm³/mol. The molecule has 1 atom stereocenters. The van der Waals surface area contributed by atoms with Crippen molar-refractivity contribution in [1.29, 1.82) is 0 Å². The summed E-state index contributed by atoms with van der Waals surface area (Å²) in [6.07, 6.45) is 30.1. The van der Waals surface area contributed by atoms with E-state index in [4.69, 9.17) is 5.11 Å². The number of carbonyl (C=O) groups excluding carboxylic acids is 1. The van der Waals surface area contributed by atoms with E-state index in [1.807, 2.05) is 0 Å². The molecule has 0 amide bonds. The average molecular weight is 499 g/mol. The molecule has 0 saturated carbocycles. The van der Waals surface area contributed by atoms with Crippen molar-refractivity contribution in [3.63, 3.8) is 0 Å². The van der Waals surface area contributed by atoms with E-state index >= 15 is 0 Å². The van der Waals surface area contributed by atoms with Crippen LogP contribution in [0.1, 0.15) is 162 Å². The van der Waals surface area contributed by atoms with Crippen LogP contribution in [0.25, 0.3) is 0 Å². The Hall–Kier alpha value is -1.36. The van der Waals surface area contributed by atoms with Crippen LogP contribution in [0.5, 0.6) is 0 Å². The van der Waals surface area contributed by atoms with E-state index in [0.29, 0.717) is 6.42 Å². The van der Waals surface area contributed by atoms with Crippen LogP contribution in [-0.4, -0.2) is 28.3 Å². The Bertz CT molecular complexity index is 464. The standard InChI is InChI=1S/C26H52O3.C4H6O2/c1-2-3-4-5-6-7-8-9-10-11-12-13-14-15-16-17-18-19-20-21-22-23-24-25(27)26(28)29;1-3-6-4(2)5/h25,27H,2-24H2,1H3,(H,28,29);3H,1H2,2H3. The van der Waals surface area contributed by atoms with Gasteiger partial charge in [0.05, 0.1) is 6.26 Å². The van der Waals surface area contributed by atoms with Gasteiger partial charge in [-0.15, -0.1) is 0 Å². The van der Waals surface area contributed by atoms with Crippen LogP contribution in [0.3, 0.4) is 0 Å². The number of unbranched alkanes of at least 4 members (excludes halogenated alkanes) is 21. The number of carboxylic acid groups (broad SMARTS) is 1. The number of ether oxygens (including phenoxy) is 1. The summed E-state index contributed by atoms with van der Waals surface area (Å²) in [6, 6.07) is 0. The van der Waals surface area contributed by atoms with Gasteiger partial charge in [-0.25, -0.2) is 4.79 Å². The van der Waals surface area contributed by atoms with Gasteiger partial charge < -0.3 is 14.9 Å². The summed E-state index contributed by atoms with van der Waals surface area (Å²) < 4.78 is 4.17. The lowest BCUT2D eigenvalue weighted by Gasteiger charge is -2.05. The Labute approximate surface area is 217 Å². The number of aliphatic hydroxyl groups excluding tert-OH is 1. The largest absolute Gasteiger partial charge is 0.479 e. The third-order valence-corrected chi connectivity index (χ3v) is 6.37. The number of esters is 1. The third kappa shape index (κ3) is 34.9. The number of aliphatic hydroxyl groups is 1. The van der Waals surface area contributed by atoms with Crippen molar-refractivity contribution >= 4 is 11.9 Å². The van der Waals surface area contributed by atoms with E-state index < -0.39 is 12.1 Å². The number of hydrogen-bond donors (Lipinski definition) is 2. The van der Waals surface area contributed by atoms with Crippen molar-refractivity contribution < 1.29 is 24.5 Å². The number of carboxylic acids is 1. The first-order valence-electron chi connectivity index (χ1n) is 14.6. The summed E-state index contributed by atoms with van der Waals surface area (Å²) in [4.78, 5) is 20.2. The zero-order valence-corrected chi connectivity index (χ0v) is 23.2. The van der Waals surface area contributed by atoms with Gasteiger partial charge >= 0.3 is 11.9 Å². The second-order valence-corrected chi connectivity index (χ2v) is 9.84. The summed E-state index contributed by atoms with van der Waals surface area (Å²) >= 11 is 0. The minimum Gasteiger partial charge on any atom is -0.479 e. The average Bonchev–Trinajstić information content (AvgIpc) is 2.82. The highest BCUT2D eigenvalue weighted by atomic mass is 16.5. The van der Waals surface area contributed by atoms with Gasteiger partial charge in [0.2, 0.25) is 0 Å². The molecule has 1 unspecified atom stereocenters. The molecule has 0 aromatic rings. The van der Waals surface area contributed by atoms with Crippen LogP contribution in [0.2, 0.25) is 0 Å². The van der Waals surface area contributed by atoms with Gasteiger partial charge in [0.25, 0.3) is 0 Å². The Balaban J connectivity index is 0. The molecule has 0 spiro atoms. The molecule has 0 bridgehead atoms. The lowest BCUT2D eigenvalue weighted by atomic mass is 10.0. The highest BCUT2D eigenvalue weighted by molar-refractivity contribution is 5.71. The van der Waals surface area contributed by atoms with Gasteiger partial charge in [-0.1, -0.05) is 155 Å². The first kappa shape index (κ1) is 35.8. The smallest absolute Gasteiger partial charge is 0.332 e. The van der Waals surface area contributed by atoms with Crippen molar-refractivity contribution in [3.05, 3.63) is 12.8 Å². The van der Waals surface area contributed by atoms with E-state index in [9.17, 15) is 14.7 Å². The zero-order valence-electron chi connectivity index (χ0n) is 23.2. The molecule has 2 N–H and O–H groups in total. The van der Waals surface area contributed by atoms with Crippen LogP contribution in [0.4, 0.5) is 0 Å². The molecule has 0 rings (SSSR count). The summed E-state index contributed by atoms with van der Waals surface area (Å²) in [5.41, 5.74) is 0. The molecule has 0 aliphatic heterocycles. The summed E-state index contributed by atoms with van der Waals surface area (Å²) in [7, 11) is 0. The van der Waals surface area contributed by atoms with E-state index in [1.165, 1.54) is 135 Å². The molecule has 0 saturated heterocycles. The normalized spacial score (nSPS) is 11.4. The Morgan fingerprint density at radius 1 is 0.657 bits per heavy atom. The molecule has 0 aromatic heterocycles. The highest BCUT2D eigenvalue weighted by Crippen LogP contribution is 2.15. The van der Waals surface area contributed by atoms with Crippen molar-refractivity contribution in [2.75, 3.05) is 0 Å². The molecule has 5 heteroatoms. The molecule has 0 fully saturated rings. The zero-order chi connectivity index (χ0) is 26.4. The number of rotatable bonds is 25. The highest BCUT2D eigenvalue weighted by Gasteiger charge is 2.11. The maximum absolute atomic E-state index is 10.5. The fourth-order valence-electron chi connectivity index (χ4n) is 4.19. The van der Waals surface area contributed by atoms with Crippen LogP contribution in [0.15, 0.2) is 12.8 Å². The molecule has 0 aliphatic carbocycles. The van der Waals surface area contributed by atoms with E-state index in [2.05, 4.69) is 18.2 Å². The Morgan fingerprint density at radius 3 is 1.14 bits per heavy atom. The molecule has 35 heavy (non-hydrogen) atoms. The maximum atomic E-state index is 10.5. The number of aliphatic carboxylic acids is 1. The lowest BCUT2D eigenvalue weighted by molar-refractivity contribution is -0.147. The quantitative estimate of drug-likeness (QED) is 0.0744. The fourth-order valence-corrected chi connectivity index (χ4v) is 4.19. The summed E-state index contributed by atoms with van der Waals surface area (Å²) in [5, 5.41) is 17.8. The van der Waals surface area contributed by atoms with E-state index in [0.717, 1.165) is 19.1 Å². The van der Waals surface area contributed by atoms with Crippen LogP contribution in [-0.2, 0) is 14.3 Å². The van der Waals surface area contributed by atoms with E-state index in [-0.39, 0.29) is 5.97 Å². The predicted octanol–water partition coefficient (Wildman–Crippen LogP) is 9.12. The van der Waals surface area contributed by atoms with Gasteiger partial charge in [0.15, 0.2) is 6.10 Å². The van der Waals surface area contributed by atoms with Crippen molar-refractivity contribution in [1.82, 2.24) is 0 Å². The van der Waals surface area contributed by atoms with Gasteiger partial charge in [-0.05, 0) is 6.42 Å². The summed E-state index contributed by atoms with van der Waals surface area (Å²) in [6.45, 7) is 6.76. The first-order chi connectivity index (χ1) is 17.0. The van der Waals surface area contributed by atoms with Crippen molar-refractivity contribution in [2.24, 2.45) is 0 Å². The second kappa shape index (κ2) is 30.7. The van der Waals surface area contributed by atoms with Gasteiger partial charge in [-0.2, -0.15) is 0 Å². The van der Waals surface area contributed by atoms with Crippen molar-refractivity contribution in [2.45, 2.75) is 168 Å². The lowest BCUT2D eigenvalue weighted by Crippen LogP contribution is -2.18. The van der Waals surface area contributed by atoms with Crippen molar-refractivity contribution in [3.8, 4) is 0 Å². The third-order valence-electron chi connectivity index (χ3n) is 6.37. The first-order valence-corrected chi connectivity index (χ1v) is 14.6. The SMILES string of the molecule is C=COC(C)=O.CCCCCCCCCCCCCCCCCCCCCCCCC(O)C(=O)O. The monoisotopic (exact) mass is 498 g/mol. The Morgan fingerprint density at radius 2 is 0.943 bits per heavy atom. The molecule has 5 nitrogen and oxygen atoms in total. The number of carbonyl (C=O) groups is 2. The summed E-state index contributed by atoms with van der Waals surface area (Å²) in [5.74, 6) is -1.42. The molecule has 0 aliphatic rings. The van der Waals surface area contributed by atoms with Gasteiger partial charge in [0, 0.05) is 6.92 Å². The molecule has 208 valence electrons. The minimum atomic E-state index is -1.17. The van der Waals surface area contributed by atoms with Crippen LogP contribution < -0.4 is 0 Å². The van der Waals surface area contributed by atoms with Gasteiger partial charge in [-0.3, -0.25) is 4.79 Å². The second-order valence-electron chi connectivity index (χ2n) is 9.84.